The van der Waals surface area contributed by atoms with Gasteiger partial charge in [0.1, 0.15) is 23.6 Å². The van der Waals surface area contributed by atoms with E-state index in [2.05, 4.69) is 31.2 Å². The highest BCUT2D eigenvalue weighted by molar-refractivity contribution is 5.87. The predicted octanol–water partition coefficient (Wildman–Crippen LogP) is 2.38. The fourth-order valence-electron chi connectivity index (χ4n) is 3.30. The normalized spacial score (nSPS) is 17.5. The lowest BCUT2D eigenvalue weighted by Gasteiger charge is -2.24. The van der Waals surface area contributed by atoms with Gasteiger partial charge in [-0.25, -0.2) is 14.6 Å². The molecule has 4 rings (SSSR count). The fourth-order valence-corrected chi connectivity index (χ4v) is 3.30. The van der Waals surface area contributed by atoms with Crippen LogP contribution in [0.1, 0.15) is 36.8 Å². The molecule has 0 spiro atoms. The van der Waals surface area contributed by atoms with E-state index in [1.807, 2.05) is 13.0 Å². The average molecular weight is 323 g/mol. The van der Waals surface area contributed by atoms with Crippen LogP contribution in [0.15, 0.2) is 23.1 Å². The second-order valence-corrected chi connectivity index (χ2v) is 5.92. The number of aryl methyl sites for hydroxylation is 2. The molecule has 8 heteroatoms. The average Bonchev–Trinajstić information content (AvgIpc) is 3.31. The molecule has 0 radical (unpaired) electrons. The first-order chi connectivity index (χ1) is 11.8. The van der Waals surface area contributed by atoms with Crippen molar-refractivity contribution >= 4 is 16.9 Å². The van der Waals surface area contributed by atoms with Gasteiger partial charge in [0.05, 0.1) is 36.7 Å². The van der Waals surface area contributed by atoms with Gasteiger partial charge >= 0.3 is 0 Å². The minimum atomic E-state index is 0.156. The Labute approximate surface area is 138 Å². The van der Waals surface area contributed by atoms with Gasteiger partial charge in [0, 0.05) is 12.6 Å². The van der Waals surface area contributed by atoms with Crippen LogP contribution in [0.25, 0.3) is 11.0 Å². The van der Waals surface area contributed by atoms with Crippen molar-refractivity contribution in [2.45, 2.75) is 38.8 Å². The van der Waals surface area contributed by atoms with Gasteiger partial charge in [0.2, 0.25) is 0 Å². The van der Waals surface area contributed by atoms with E-state index in [4.69, 9.17) is 9.78 Å². The molecule has 1 atom stereocenters. The van der Waals surface area contributed by atoms with E-state index in [-0.39, 0.29) is 6.04 Å². The van der Waals surface area contributed by atoms with Crippen molar-refractivity contribution in [1.82, 2.24) is 24.9 Å². The molecule has 0 unspecified atom stereocenters. The maximum atomic E-state index is 8.78. The van der Waals surface area contributed by atoms with Crippen LogP contribution < -0.4 is 4.90 Å². The standard InChI is InChI=1S/C16H17N7O/c1-11-8-13(21-24-11)14-4-2-6-22(14)15-12-9-20-23(7-3-5-17)16(12)19-10-18-15/h8-10,14H,2-4,6-7H2,1H3/t14-/m0/s1. The van der Waals surface area contributed by atoms with E-state index >= 15 is 0 Å². The zero-order valence-electron chi connectivity index (χ0n) is 13.4. The molecule has 3 aromatic rings. The zero-order valence-corrected chi connectivity index (χ0v) is 13.4. The second-order valence-electron chi connectivity index (χ2n) is 5.92. The number of anilines is 1. The van der Waals surface area contributed by atoms with Gasteiger partial charge in [0.15, 0.2) is 5.65 Å². The summed E-state index contributed by atoms with van der Waals surface area (Å²) in [6, 6.07) is 4.28. The van der Waals surface area contributed by atoms with Crippen molar-refractivity contribution in [3.63, 3.8) is 0 Å². The minimum absolute atomic E-state index is 0.156. The Morgan fingerprint density at radius 3 is 3.12 bits per heavy atom. The number of hydrogen-bond donors (Lipinski definition) is 0. The van der Waals surface area contributed by atoms with E-state index < -0.39 is 0 Å². The number of nitriles is 1. The van der Waals surface area contributed by atoms with Crippen LogP contribution in [-0.2, 0) is 6.54 Å². The molecular weight excluding hydrogens is 306 g/mol. The van der Waals surface area contributed by atoms with Crippen LogP contribution in [0.5, 0.6) is 0 Å². The van der Waals surface area contributed by atoms with E-state index in [0.29, 0.717) is 13.0 Å². The van der Waals surface area contributed by atoms with Crippen molar-refractivity contribution in [1.29, 1.82) is 5.26 Å². The summed E-state index contributed by atoms with van der Waals surface area (Å²) < 4.78 is 7.00. The molecule has 0 saturated carbocycles. The van der Waals surface area contributed by atoms with Gasteiger partial charge in [-0.3, -0.25) is 0 Å². The summed E-state index contributed by atoms with van der Waals surface area (Å²) in [5, 5.41) is 18.2. The molecule has 4 heterocycles. The summed E-state index contributed by atoms with van der Waals surface area (Å²) in [5.41, 5.74) is 1.70. The highest BCUT2D eigenvalue weighted by Crippen LogP contribution is 2.37. The smallest absolute Gasteiger partial charge is 0.163 e. The third-order valence-electron chi connectivity index (χ3n) is 4.36. The quantitative estimate of drug-likeness (QED) is 0.727. The molecule has 0 aliphatic carbocycles. The molecule has 0 aromatic carbocycles. The molecule has 0 amide bonds. The Balaban J connectivity index is 1.73. The number of rotatable bonds is 4. The Morgan fingerprint density at radius 1 is 1.42 bits per heavy atom. The molecular formula is C16H17N7O. The molecule has 1 saturated heterocycles. The predicted molar refractivity (Wildman–Crippen MR) is 86.1 cm³/mol. The Morgan fingerprint density at radius 2 is 2.33 bits per heavy atom. The maximum absolute atomic E-state index is 8.78. The van der Waals surface area contributed by atoms with E-state index in [1.54, 1.807) is 17.2 Å². The summed E-state index contributed by atoms with van der Waals surface area (Å²) in [6.45, 7) is 3.34. The third-order valence-corrected chi connectivity index (χ3v) is 4.36. The van der Waals surface area contributed by atoms with Gasteiger partial charge in [-0.05, 0) is 19.8 Å². The van der Waals surface area contributed by atoms with Gasteiger partial charge in [-0.1, -0.05) is 5.16 Å². The van der Waals surface area contributed by atoms with Crippen molar-refractivity contribution in [3.05, 3.63) is 30.0 Å². The summed E-state index contributed by atoms with van der Waals surface area (Å²) >= 11 is 0. The van der Waals surface area contributed by atoms with Crippen molar-refractivity contribution in [2.75, 3.05) is 11.4 Å². The number of aromatic nitrogens is 5. The SMILES string of the molecule is Cc1cc([C@@H]2CCCN2c2ncnc3c2cnn3CCC#N)no1. The molecule has 0 bridgehead atoms. The molecule has 24 heavy (non-hydrogen) atoms. The lowest BCUT2D eigenvalue weighted by atomic mass is 10.1. The van der Waals surface area contributed by atoms with Gasteiger partial charge in [-0.15, -0.1) is 0 Å². The van der Waals surface area contributed by atoms with E-state index in [1.165, 1.54) is 0 Å². The van der Waals surface area contributed by atoms with Gasteiger partial charge in [0.25, 0.3) is 0 Å². The molecule has 1 fully saturated rings. The highest BCUT2D eigenvalue weighted by Gasteiger charge is 2.31. The number of fused-ring (bicyclic) bond motifs is 1. The Kier molecular flexibility index (Phi) is 3.61. The molecule has 0 N–H and O–H groups in total. The zero-order chi connectivity index (χ0) is 16.5. The van der Waals surface area contributed by atoms with Crippen molar-refractivity contribution in [3.8, 4) is 6.07 Å². The largest absolute Gasteiger partial charge is 0.361 e. The van der Waals surface area contributed by atoms with E-state index in [9.17, 15) is 0 Å². The second kappa shape index (κ2) is 5.92. The third kappa shape index (κ3) is 2.38. The van der Waals surface area contributed by atoms with Crippen LogP contribution >= 0.6 is 0 Å². The highest BCUT2D eigenvalue weighted by atomic mass is 16.5. The first-order valence-electron chi connectivity index (χ1n) is 8.01. The van der Waals surface area contributed by atoms with Crippen LogP contribution in [0.2, 0.25) is 0 Å². The van der Waals surface area contributed by atoms with Crippen LogP contribution in [0.4, 0.5) is 5.82 Å². The van der Waals surface area contributed by atoms with Crippen molar-refractivity contribution in [2.24, 2.45) is 0 Å². The Bertz CT molecular complexity index is 907. The summed E-state index contributed by atoms with van der Waals surface area (Å²) in [5.74, 6) is 1.68. The molecule has 122 valence electrons. The summed E-state index contributed by atoms with van der Waals surface area (Å²) in [6.07, 6.45) is 5.84. The first kappa shape index (κ1) is 14.6. The Hall–Kier alpha value is -2.95. The van der Waals surface area contributed by atoms with Crippen LogP contribution in [0, 0.1) is 18.3 Å². The number of hydrogen-bond acceptors (Lipinski definition) is 7. The maximum Gasteiger partial charge on any atom is 0.163 e. The summed E-state index contributed by atoms with van der Waals surface area (Å²) in [7, 11) is 0. The lowest BCUT2D eigenvalue weighted by molar-refractivity contribution is 0.385. The topological polar surface area (TPSA) is 96.7 Å². The van der Waals surface area contributed by atoms with Gasteiger partial charge in [-0.2, -0.15) is 10.4 Å². The molecule has 1 aliphatic heterocycles. The van der Waals surface area contributed by atoms with Crippen LogP contribution in [0.3, 0.4) is 0 Å². The van der Waals surface area contributed by atoms with Gasteiger partial charge < -0.3 is 9.42 Å². The monoisotopic (exact) mass is 323 g/mol. The fraction of sp³-hybridized carbons (Fsp3) is 0.438. The lowest BCUT2D eigenvalue weighted by Crippen LogP contribution is -2.24. The van der Waals surface area contributed by atoms with Crippen molar-refractivity contribution < 1.29 is 4.52 Å². The first-order valence-corrected chi connectivity index (χ1v) is 8.01. The summed E-state index contributed by atoms with van der Waals surface area (Å²) in [4.78, 5) is 11.1. The molecule has 1 aliphatic rings. The van der Waals surface area contributed by atoms with Crippen LogP contribution in [-0.4, -0.2) is 31.4 Å². The molecule has 8 nitrogen and oxygen atoms in total. The molecule has 3 aromatic heterocycles. The number of nitrogens with zero attached hydrogens (tertiary/aromatic N) is 7. The minimum Gasteiger partial charge on any atom is -0.361 e. The van der Waals surface area contributed by atoms with E-state index in [0.717, 1.165) is 47.7 Å².